The van der Waals surface area contributed by atoms with E-state index in [0.717, 1.165) is 24.8 Å². The van der Waals surface area contributed by atoms with E-state index < -0.39 is 0 Å². The van der Waals surface area contributed by atoms with Gasteiger partial charge in [-0.3, -0.25) is 0 Å². The van der Waals surface area contributed by atoms with Gasteiger partial charge in [-0.15, -0.1) is 0 Å². The Morgan fingerprint density at radius 3 is 2.79 bits per heavy atom. The van der Waals surface area contributed by atoms with E-state index in [1.165, 1.54) is 5.56 Å². The average Bonchev–Trinajstić information content (AvgIpc) is 2.54. The van der Waals surface area contributed by atoms with E-state index in [2.05, 4.69) is 6.07 Å². The highest BCUT2D eigenvalue weighted by molar-refractivity contribution is 5.34. The smallest absolute Gasteiger partial charge is 0.0824 e. The summed E-state index contributed by atoms with van der Waals surface area (Å²) >= 11 is 0. The van der Waals surface area contributed by atoms with Crippen LogP contribution in [0.5, 0.6) is 0 Å². The molecule has 0 saturated carbocycles. The lowest BCUT2D eigenvalue weighted by Crippen LogP contribution is -2.07. The van der Waals surface area contributed by atoms with Crippen molar-refractivity contribution in [3.8, 4) is 0 Å². The van der Waals surface area contributed by atoms with Crippen LogP contribution in [0.3, 0.4) is 0 Å². The number of hydrogen-bond acceptors (Lipinski definition) is 2. The summed E-state index contributed by atoms with van der Waals surface area (Å²) in [4.78, 5) is 0. The molecule has 2 nitrogen and oxygen atoms in total. The van der Waals surface area contributed by atoms with Gasteiger partial charge in [0.15, 0.2) is 0 Å². The molecule has 14 heavy (non-hydrogen) atoms. The molecule has 1 aliphatic rings. The van der Waals surface area contributed by atoms with Crippen molar-refractivity contribution in [1.82, 2.24) is 0 Å². The molecule has 2 unspecified atom stereocenters. The van der Waals surface area contributed by atoms with Crippen LogP contribution in [-0.2, 0) is 6.42 Å². The maximum Gasteiger partial charge on any atom is 0.0824 e. The van der Waals surface area contributed by atoms with Crippen molar-refractivity contribution in [2.24, 2.45) is 5.92 Å². The highest BCUT2D eigenvalue weighted by atomic mass is 16.3. The minimum Gasteiger partial charge on any atom is -0.396 e. The highest BCUT2D eigenvalue weighted by Crippen LogP contribution is 2.37. The topological polar surface area (TPSA) is 40.5 Å². The standard InChI is InChI=1S/C12H16O2/c13-7-3-5-10-8-9-4-1-2-6-11(9)12(10)14/h1-2,4,6,10,12-14H,3,5,7-8H2. The molecule has 2 atom stereocenters. The van der Waals surface area contributed by atoms with Crippen LogP contribution in [-0.4, -0.2) is 16.8 Å². The molecule has 2 N–H and O–H groups in total. The first kappa shape index (κ1) is 9.69. The molecule has 1 aromatic carbocycles. The van der Waals surface area contributed by atoms with Gasteiger partial charge in [-0.05, 0) is 36.3 Å². The lowest BCUT2D eigenvalue weighted by molar-refractivity contribution is 0.112. The van der Waals surface area contributed by atoms with Gasteiger partial charge < -0.3 is 10.2 Å². The Bertz CT molecular complexity index is 309. The predicted molar refractivity (Wildman–Crippen MR) is 54.9 cm³/mol. The van der Waals surface area contributed by atoms with Crippen molar-refractivity contribution < 1.29 is 10.2 Å². The zero-order chi connectivity index (χ0) is 9.97. The first-order chi connectivity index (χ1) is 6.83. The van der Waals surface area contributed by atoms with Gasteiger partial charge in [-0.2, -0.15) is 0 Å². The van der Waals surface area contributed by atoms with Crippen molar-refractivity contribution in [3.05, 3.63) is 35.4 Å². The summed E-state index contributed by atoms with van der Waals surface area (Å²) in [6, 6.07) is 8.06. The van der Waals surface area contributed by atoms with Crippen LogP contribution >= 0.6 is 0 Å². The van der Waals surface area contributed by atoms with Crippen molar-refractivity contribution in [1.29, 1.82) is 0 Å². The van der Waals surface area contributed by atoms with Crippen molar-refractivity contribution in [2.45, 2.75) is 25.4 Å². The number of rotatable bonds is 3. The van der Waals surface area contributed by atoms with Gasteiger partial charge in [0.25, 0.3) is 0 Å². The second kappa shape index (κ2) is 4.11. The fraction of sp³-hybridized carbons (Fsp3) is 0.500. The van der Waals surface area contributed by atoms with E-state index in [4.69, 9.17) is 5.11 Å². The molecule has 0 spiro atoms. The van der Waals surface area contributed by atoms with Crippen LogP contribution < -0.4 is 0 Å². The molecule has 76 valence electrons. The largest absolute Gasteiger partial charge is 0.396 e. The average molecular weight is 192 g/mol. The van der Waals surface area contributed by atoms with E-state index in [0.29, 0.717) is 5.92 Å². The Hall–Kier alpha value is -0.860. The second-order valence-electron chi connectivity index (χ2n) is 3.97. The van der Waals surface area contributed by atoms with E-state index >= 15 is 0 Å². The zero-order valence-corrected chi connectivity index (χ0v) is 8.19. The van der Waals surface area contributed by atoms with Gasteiger partial charge in [0.05, 0.1) is 6.10 Å². The number of aliphatic hydroxyl groups is 2. The molecule has 1 aromatic rings. The molecule has 0 aliphatic heterocycles. The number of benzene rings is 1. The lowest BCUT2D eigenvalue weighted by atomic mass is 9.98. The lowest BCUT2D eigenvalue weighted by Gasteiger charge is -2.13. The first-order valence-corrected chi connectivity index (χ1v) is 5.19. The molecule has 2 rings (SSSR count). The molecule has 2 heteroatoms. The zero-order valence-electron chi connectivity index (χ0n) is 8.19. The van der Waals surface area contributed by atoms with E-state index in [-0.39, 0.29) is 12.7 Å². The van der Waals surface area contributed by atoms with Crippen LogP contribution in [0.1, 0.15) is 30.1 Å². The minimum absolute atomic E-state index is 0.222. The van der Waals surface area contributed by atoms with E-state index in [1.54, 1.807) is 0 Å². The summed E-state index contributed by atoms with van der Waals surface area (Å²) in [6.07, 6.45) is 2.33. The van der Waals surface area contributed by atoms with Gasteiger partial charge >= 0.3 is 0 Å². The Morgan fingerprint density at radius 2 is 2.07 bits per heavy atom. The van der Waals surface area contributed by atoms with Gasteiger partial charge in [-0.1, -0.05) is 24.3 Å². The monoisotopic (exact) mass is 192 g/mol. The fourth-order valence-corrected chi connectivity index (χ4v) is 2.27. The fourth-order valence-electron chi connectivity index (χ4n) is 2.27. The Labute approximate surface area is 84.2 Å². The maximum absolute atomic E-state index is 9.99. The third-order valence-corrected chi connectivity index (χ3v) is 3.04. The molecule has 0 bridgehead atoms. The molecule has 0 aromatic heterocycles. The summed E-state index contributed by atoms with van der Waals surface area (Å²) in [5, 5.41) is 18.7. The number of hydrogen-bond donors (Lipinski definition) is 2. The molecule has 0 amide bonds. The maximum atomic E-state index is 9.99. The minimum atomic E-state index is -0.322. The molecule has 0 saturated heterocycles. The van der Waals surface area contributed by atoms with Gasteiger partial charge in [0, 0.05) is 6.61 Å². The summed E-state index contributed by atoms with van der Waals surface area (Å²) < 4.78 is 0. The summed E-state index contributed by atoms with van der Waals surface area (Å²) in [7, 11) is 0. The quantitative estimate of drug-likeness (QED) is 0.764. The third-order valence-electron chi connectivity index (χ3n) is 3.04. The van der Waals surface area contributed by atoms with E-state index in [9.17, 15) is 5.11 Å². The number of fused-ring (bicyclic) bond motifs is 1. The molecule has 0 heterocycles. The normalized spacial score (nSPS) is 25.0. The number of aliphatic hydroxyl groups excluding tert-OH is 2. The van der Waals surface area contributed by atoms with Gasteiger partial charge in [0.1, 0.15) is 0 Å². The van der Waals surface area contributed by atoms with Gasteiger partial charge in [-0.25, -0.2) is 0 Å². The van der Waals surface area contributed by atoms with Crippen LogP contribution in [0.25, 0.3) is 0 Å². The summed E-state index contributed by atoms with van der Waals surface area (Å²) in [6.45, 7) is 0.222. The van der Waals surface area contributed by atoms with Crippen molar-refractivity contribution in [3.63, 3.8) is 0 Å². The van der Waals surface area contributed by atoms with Crippen molar-refractivity contribution >= 4 is 0 Å². The first-order valence-electron chi connectivity index (χ1n) is 5.19. The van der Waals surface area contributed by atoms with Crippen LogP contribution in [0.2, 0.25) is 0 Å². The van der Waals surface area contributed by atoms with Crippen LogP contribution in [0.15, 0.2) is 24.3 Å². The van der Waals surface area contributed by atoms with Crippen molar-refractivity contribution in [2.75, 3.05) is 6.61 Å². The molecular weight excluding hydrogens is 176 g/mol. The SMILES string of the molecule is OCCCC1Cc2ccccc2C1O. The van der Waals surface area contributed by atoms with Crippen LogP contribution in [0.4, 0.5) is 0 Å². The van der Waals surface area contributed by atoms with Gasteiger partial charge in [0.2, 0.25) is 0 Å². The predicted octanol–water partition coefficient (Wildman–Crippen LogP) is 1.66. The third kappa shape index (κ3) is 1.68. The Morgan fingerprint density at radius 1 is 1.29 bits per heavy atom. The molecule has 1 aliphatic carbocycles. The van der Waals surface area contributed by atoms with E-state index in [1.807, 2.05) is 18.2 Å². The molecule has 0 radical (unpaired) electrons. The molecule has 0 fully saturated rings. The molecular formula is C12H16O2. The summed E-state index contributed by atoms with van der Waals surface area (Å²) in [5.41, 5.74) is 2.35. The Balaban J connectivity index is 2.09. The second-order valence-corrected chi connectivity index (χ2v) is 3.97. The Kier molecular flexibility index (Phi) is 2.85. The van der Waals surface area contributed by atoms with Crippen LogP contribution in [0, 0.1) is 5.92 Å². The summed E-state index contributed by atoms with van der Waals surface area (Å²) in [5.74, 6) is 0.305. The highest BCUT2D eigenvalue weighted by Gasteiger charge is 2.29.